The second kappa shape index (κ2) is 10.8. The molecule has 0 aliphatic carbocycles. The summed E-state index contributed by atoms with van der Waals surface area (Å²) in [5, 5.41) is 2.60. The van der Waals surface area contributed by atoms with E-state index < -0.39 is 11.7 Å². The number of hydrogen-bond acceptors (Lipinski definition) is 5. The zero-order valence-electron chi connectivity index (χ0n) is 18.4. The van der Waals surface area contributed by atoms with Crippen LogP contribution in [0.1, 0.15) is 50.9 Å². The lowest BCUT2D eigenvalue weighted by Gasteiger charge is -2.23. The Morgan fingerprint density at radius 3 is 2.27 bits per heavy atom. The Morgan fingerprint density at radius 2 is 1.63 bits per heavy atom. The van der Waals surface area contributed by atoms with Crippen molar-refractivity contribution in [3.8, 4) is 5.75 Å². The van der Waals surface area contributed by atoms with Crippen molar-refractivity contribution in [2.45, 2.75) is 46.1 Å². The Morgan fingerprint density at radius 1 is 1.00 bits per heavy atom. The maximum absolute atomic E-state index is 12.8. The maximum Gasteiger partial charge on any atom is 0.407 e. The van der Waals surface area contributed by atoms with Gasteiger partial charge >= 0.3 is 6.09 Å². The fourth-order valence-electron chi connectivity index (χ4n) is 3.16. The summed E-state index contributed by atoms with van der Waals surface area (Å²) in [6.07, 6.45) is 0.387. The number of nitrogens with one attached hydrogen (secondary N) is 1. The summed E-state index contributed by atoms with van der Waals surface area (Å²) in [6, 6.07) is 7.12. The number of amides is 3. The zero-order valence-corrected chi connectivity index (χ0v) is 18.4. The first-order valence-electron chi connectivity index (χ1n) is 10.5. The van der Waals surface area contributed by atoms with Crippen molar-refractivity contribution in [1.29, 1.82) is 0 Å². The van der Waals surface area contributed by atoms with Crippen LogP contribution in [0.2, 0.25) is 0 Å². The van der Waals surface area contributed by atoms with Gasteiger partial charge in [-0.2, -0.15) is 0 Å². The highest BCUT2D eigenvalue weighted by Crippen LogP contribution is 2.15. The van der Waals surface area contributed by atoms with Crippen LogP contribution in [0.25, 0.3) is 0 Å². The predicted molar refractivity (Wildman–Crippen MR) is 114 cm³/mol. The summed E-state index contributed by atoms with van der Waals surface area (Å²) in [7, 11) is 0. The lowest BCUT2D eigenvalue weighted by atomic mass is 10.2. The quantitative estimate of drug-likeness (QED) is 0.766. The molecule has 2 rings (SSSR count). The van der Waals surface area contributed by atoms with Crippen LogP contribution in [0, 0.1) is 0 Å². The first-order chi connectivity index (χ1) is 14.2. The molecule has 1 aliphatic heterocycles. The number of carbonyl (C=O) groups is 3. The lowest BCUT2D eigenvalue weighted by molar-refractivity contribution is -0.130. The maximum atomic E-state index is 12.8. The molecule has 1 fully saturated rings. The molecule has 1 aromatic carbocycles. The Labute approximate surface area is 178 Å². The van der Waals surface area contributed by atoms with Crippen LogP contribution in [0.4, 0.5) is 4.79 Å². The van der Waals surface area contributed by atoms with Crippen molar-refractivity contribution in [3.63, 3.8) is 0 Å². The number of carbonyl (C=O) groups excluding carboxylic acids is 3. The summed E-state index contributed by atoms with van der Waals surface area (Å²) in [6.45, 7) is 10.2. The molecule has 0 aromatic heterocycles. The first kappa shape index (κ1) is 23.5. The van der Waals surface area contributed by atoms with E-state index in [1.54, 1.807) is 54.8 Å². The van der Waals surface area contributed by atoms with Crippen LogP contribution in [0.3, 0.4) is 0 Å². The Bertz CT molecular complexity index is 727. The number of alkyl carbamates (subject to hydrolysis) is 1. The normalized spacial score (nSPS) is 14.7. The Kier molecular flexibility index (Phi) is 8.50. The van der Waals surface area contributed by atoms with Gasteiger partial charge < -0.3 is 24.6 Å². The fourth-order valence-corrected chi connectivity index (χ4v) is 3.16. The van der Waals surface area contributed by atoms with E-state index in [1.807, 2.05) is 6.92 Å². The van der Waals surface area contributed by atoms with Crippen LogP contribution >= 0.6 is 0 Å². The van der Waals surface area contributed by atoms with Crippen LogP contribution in [0.5, 0.6) is 5.75 Å². The van der Waals surface area contributed by atoms with Crippen LogP contribution < -0.4 is 10.1 Å². The summed E-state index contributed by atoms with van der Waals surface area (Å²) in [4.78, 5) is 40.5. The third-order valence-corrected chi connectivity index (χ3v) is 4.56. The van der Waals surface area contributed by atoms with Gasteiger partial charge in [-0.05, 0) is 58.4 Å². The molecule has 0 radical (unpaired) electrons. The largest absolute Gasteiger partial charge is 0.494 e. The van der Waals surface area contributed by atoms with E-state index >= 15 is 0 Å². The molecule has 0 atom stereocenters. The van der Waals surface area contributed by atoms with Gasteiger partial charge in [-0.3, -0.25) is 9.59 Å². The molecular formula is C22H33N3O5. The molecule has 1 N–H and O–H groups in total. The smallest absolute Gasteiger partial charge is 0.407 e. The molecule has 1 saturated heterocycles. The third kappa shape index (κ3) is 7.57. The molecular weight excluding hydrogens is 386 g/mol. The SMILES string of the molecule is CCOc1ccc(C(=O)N2CCCN(C(=O)CCNC(=O)OC(C)(C)C)CC2)cc1. The van der Waals surface area contributed by atoms with Gasteiger partial charge in [-0.15, -0.1) is 0 Å². The minimum atomic E-state index is -0.571. The first-order valence-corrected chi connectivity index (χ1v) is 10.5. The number of rotatable bonds is 6. The van der Waals surface area contributed by atoms with Gasteiger partial charge in [0.25, 0.3) is 5.91 Å². The molecule has 8 nitrogen and oxygen atoms in total. The van der Waals surface area contributed by atoms with Crippen molar-refractivity contribution >= 4 is 17.9 Å². The minimum Gasteiger partial charge on any atom is -0.494 e. The van der Waals surface area contributed by atoms with Gasteiger partial charge in [0.1, 0.15) is 11.4 Å². The minimum absolute atomic E-state index is 0.0403. The molecule has 8 heteroatoms. The highest BCUT2D eigenvalue weighted by molar-refractivity contribution is 5.94. The average molecular weight is 420 g/mol. The third-order valence-electron chi connectivity index (χ3n) is 4.56. The standard InChI is InChI=1S/C22H33N3O5/c1-5-29-18-9-7-17(8-10-18)20(27)25-14-6-13-24(15-16-25)19(26)11-12-23-21(28)30-22(2,3)4/h7-10H,5-6,11-16H2,1-4H3,(H,23,28). The lowest BCUT2D eigenvalue weighted by Crippen LogP contribution is -2.39. The van der Waals surface area contributed by atoms with E-state index in [-0.39, 0.29) is 24.8 Å². The van der Waals surface area contributed by atoms with Crippen LogP contribution in [0.15, 0.2) is 24.3 Å². The topological polar surface area (TPSA) is 88.2 Å². The highest BCUT2D eigenvalue weighted by Gasteiger charge is 2.23. The molecule has 0 unspecified atom stereocenters. The van der Waals surface area contributed by atoms with Crippen LogP contribution in [-0.4, -0.2) is 72.6 Å². The summed E-state index contributed by atoms with van der Waals surface area (Å²) >= 11 is 0. The average Bonchev–Trinajstić information content (AvgIpc) is 2.93. The Balaban J connectivity index is 1.80. The number of ether oxygens (including phenoxy) is 2. The van der Waals surface area contributed by atoms with Gasteiger partial charge in [-0.25, -0.2) is 4.79 Å². The van der Waals surface area contributed by atoms with Gasteiger partial charge in [0.05, 0.1) is 6.61 Å². The summed E-state index contributed by atoms with van der Waals surface area (Å²) in [5.74, 6) is 0.655. The van der Waals surface area contributed by atoms with Crippen molar-refractivity contribution in [1.82, 2.24) is 15.1 Å². The summed E-state index contributed by atoms with van der Waals surface area (Å²) < 4.78 is 10.6. The number of hydrogen-bond donors (Lipinski definition) is 1. The van der Waals surface area contributed by atoms with Crippen molar-refractivity contribution in [2.24, 2.45) is 0 Å². The van der Waals surface area contributed by atoms with Crippen molar-refractivity contribution in [2.75, 3.05) is 39.3 Å². The van der Waals surface area contributed by atoms with Crippen molar-refractivity contribution < 1.29 is 23.9 Å². The number of benzene rings is 1. The van der Waals surface area contributed by atoms with Crippen molar-refractivity contribution in [3.05, 3.63) is 29.8 Å². The van der Waals surface area contributed by atoms with Gasteiger partial charge in [0, 0.05) is 44.7 Å². The van der Waals surface area contributed by atoms with Gasteiger partial charge in [0.2, 0.25) is 5.91 Å². The van der Waals surface area contributed by atoms with E-state index in [4.69, 9.17) is 9.47 Å². The molecule has 0 spiro atoms. The van der Waals surface area contributed by atoms with Crippen LogP contribution in [-0.2, 0) is 9.53 Å². The van der Waals surface area contributed by atoms with E-state index in [0.29, 0.717) is 44.8 Å². The highest BCUT2D eigenvalue weighted by atomic mass is 16.6. The molecule has 1 heterocycles. The number of nitrogens with zero attached hydrogens (tertiary/aromatic N) is 2. The molecule has 1 aliphatic rings. The second-order valence-electron chi connectivity index (χ2n) is 8.16. The molecule has 0 saturated carbocycles. The molecule has 166 valence electrons. The monoisotopic (exact) mass is 419 g/mol. The van der Waals surface area contributed by atoms with E-state index in [0.717, 1.165) is 5.75 Å². The van der Waals surface area contributed by atoms with Gasteiger partial charge in [-0.1, -0.05) is 0 Å². The van der Waals surface area contributed by atoms with E-state index in [1.165, 1.54) is 0 Å². The second-order valence-corrected chi connectivity index (χ2v) is 8.16. The molecule has 1 aromatic rings. The predicted octanol–water partition coefficient (Wildman–Crippen LogP) is 2.67. The van der Waals surface area contributed by atoms with E-state index in [2.05, 4.69) is 5.32 Å². The Hall–Kier alpha value is -2.77. The van der Waals surface area contributed by atoms with E-state index in [9.17, 15) is 14.4 Å². The zero-order chi connectivity index (χ0) is 22.1. The van der Waals surface area contributed by atoms with Gasteiger partial charge in [0.15, 0.2) is 0 Å². The molecule has 3 amide bonds. The molecule has 0 bridgehead atoms. The molecule has 30 heavy (non-hydrogen) atoms. The fraction of sp³-hybridized carbons (Fsp3) is 0.591. The summed E-state index contributed by atoms with van der Waals surface area (Å²) in [5.41, 5.74) is 0.0397.